The van der Waals surface area contributed by atoms with E-state index < -0.39 is 0 Å². The van der Waals surface area contributed by atoms with E-state index in [0.717, 1.165) is 25.2 Å². The molecule has 110 valence electrons. The Bertz CT molecular complexity index is 410. The summed E-state index contributed by atoms with van der Waals surface area (Å²) in [7, 11) is 0. The summed E-state index contributed by atoms with van der Waals surface area (Å²) in [5.74, 6) is 1.00. The van der Waals surface area contributed by atoms with E-state index >= 15 is 0 Å². The van der Waals surface area contributed by atoms with Crippen LogP contribution in [0.2, 0.25) is 0 Å². The van der Waals surface area contributed by atoms with Crippen LogP contribution in [0.3, 0.4) is 0 Å². The van der Waals surface area contributed by atoms with Crippen molar-refractivity contribution in [3.05, 3.63) is 35.9 Å². The summed E-state index contributed by atoms with van der Waals surface area (Å²) in [6.45, 7) is 7.15. The molecular formula is C17H26N2O. The SMILES string of the molecule is CC(C)C(C(=O)NCC1CCCNC1)c1ccccc1. The highest BCUT2D eigenvalue weighted by molar-refractivity contribution is 5.83. The molecule has 0 radical (unpaired) electrons. The van der Waals surface area contributed by atoms with Crippen LogP contribution in [0.15, 0.2) is 30.3 Å². The third-order valence-electron chi connectivity index (χ3n) is 4.07. The maximum atomic E-state index is 12.5. The Kier molecular flexibility index (Phi) is 5.60. The summed E-state index contributed by atoms with van der Waals surface area (Å²) < 4.78 is 0. The van der Waals surface area contributed by atoms with Gasteiger partial charge in [0.2, 0.25) is 5.91 Å². The topological polar surface area (TPSA) is 41.1 Å². The van der Waals surface area contributed by atoms with Crippen molar-refractivity contribution in [1.82, 2.24) is 10.6 Å². The molecule has 2 N–H and O–H groups in total. The van der Waals surface area contributed by atoms with Gasteiger partial charge in [0.05, 0.1) is 5.92 Å². The molecule has 0 aromatic heterocycles. The van der Waals surface area contributed by atoms with Crippen molar-refractivity contribution in [2.45, 2.75) is 32.6 Å². The molecule has 1 saturated heterocycles. The van der Waals surface area contributed by atoms with E-state index in [4.69, 9.17) is 0 Å². The van der Waals surface area contributed by atoms with Crippen LogP contribution in [0.1, 0.15) is 38.2 Å². The molecule has 0 spiro atoms. The van der Waals surface area contributed by atoms with E-state index in [2.05, 4.69) is 24.5 Å². The molecule has 1 heterocycles. The van der Waals surface area contributed by atoms with E-state index in [9.17, 15) is 4.79 Å². The number of carbonyl (C=O) groups is 1. The van der Waals surface area contributed by atoms with E-state index in [1.165, 1.54) is 12.8 Å². The van der Waals surface area contributed by atoms with Gasteiger partial charge in [-0.25, -0.2) is 0 Å². The lowest BCUT2D eigenvalue weighted by Crippen LogP contribution is -2.40. The van der Waals surface area contributed by atoms with Gasteiger partial charge in [-0.05, 0) is 43.3 Å². The fourth-order valence-corrected chi connectivity index (χ4v) is 2.95. The molecule has 1 aliphatic heterocycles. The third-order valence-corrected chi connectivity index (χ3v) is 4.07. The van der Waals surface area contributed by atoms with E-state index in [-0.39, 0.29) is 11.8 Å². The molecule has 1 fully saturated rings. The van der Waals surface area contributed by atoms with E-state index in [1.807, 2.05) is 30.3 Å². The Morgan fingerprint density at radius 1 is 1.35 bits per heavy atom. The lowest BCUT2D eigenvalue weighted by Gasteiger charge is -2.25. The van der Waals surface area contributed by atoms with Crippen molar-refractivity contribution < 1.29 is 4.79 Å². The van der Waals surface area contributed by atoms with Crippen LogP contribution in [0.4, 0.5) is 0 Å². The molecule has 1 aliphatic rings. The van der Waals surface area contributed by atoms with Gasteiger partial charge >= 0.3 is 0 Å². The normalized spacial score (nSPS) is 20.6. The molecule has 2 atom stereocenters. The molecule has 2 unspecified atom stereocenters. The fourth-order valence-electron chi connectivity index (χ4n) is 2.95. The molecular weight excluding hydrogens is 248 g/mol. The van der Waals surface area contributed by atoms with Crippen LogP contribution in [0.25, 0.3) is 0 Å². The Balaban J connectivity index is 1.93. The fraction of sp³-hybridized carbons (Fsp3) is 0.588. The zero-order chi connectivity index (χ0) is 14.4. The zero-order valence-electron chi connectivity index (χ0n) is 12.6. The Hall–Kier alpha value is -1.35. The van der Waals surface area contributed by atoms with Gasteiger partial charge in [0.15, 0.2) is 0 Å². The number of amides is 1. The maximum Gasteiger partial charge on any atom is 0.227 e. The summed E-state index contributed by atoms with van der Waals surface area (Å²) in [6, 6.07) is 10.1. The van der Waals surface area contributed by atoms with Crippen molar-refractivity contribution >= 4 is 5.91 Å². The molecule has 3 heteroatoms. The van der Waals surface area contributed by atoms with Crippen molar-refractivity contribution in [2.75, 3.05) is 19.6 Å². The Morgan fingerprint density at radius 3 is 2.70 bits per heavy atom. The third kappa shape index (κ3) is 4.07. The second-order valence-electron chi connectivity index (χ2n) is 6.09. The number of hydrogen-bond acceptors (Lipinski definition) is 2. The first-order valence-electron chi connectivity index (χ1n) is 7.72. The van der Waals surface area contributed by atoms with Crippen LogP contribution in [-0.4, -0.2) is 25.5 Å². The Morgan fingerprint density at radius 2 is 2.10 bits per heavy atom. The number of piperidine rings is 1. The smallest absolute Gasteiger partial charge is 0.227 e. The van der Waals surface area contributed by atoms with Crippen molar-refractivity contribution in [3.63, 3.8) is 0 Å². The largest absolute Gasteiger partial charge is 0.355 e. The molecule has 0 aliphatic carbocycles. The summed E-state index contributed by atoms with van der Waals surface area (Å²) in [5.41, 5.74) is 1.11. The Labute approximate surface area is 122 Å². The van der Waals surface area contributed by atoms with Crippen molar-refractivity contribution in [1.29, 1.82) is 0 Å². The van der Waals surface area contributed by atoms with Gasteiger partial charge in [-0.1, -0.05) is 44.2 Å². The average molecular weight is 274 g/mol. The van der Waals surface area contributed by atoms with Gasteiger partial charge in [0.25, 0.3) is 0 Å². The predicted molar refractivity (Wildman–Crippen MR) is 82.6 cm³/mol. The number of carbonyl (C=O) groups excluding carboxylic acids is 1. The molecule has 1 aromatic rings. The van der Waals surface area contributed by atoms with Gasteiger partial charge < -0.3 is 10.6 Å². The minimum Gasteiger partial charge on any atom is -0.355 e. The van der Waals surface area contributed by atoms with Crippen molar-refractivity contribution in [2.24, 2.45) is 11.8 Å². The minimum atomic E-state index is -0.0484. The molecule has 1 aromatic carbocycles. The molecule has 3 nitrogen and oxygen atoms in total. The van der Waals surface area contributed by atoms with Gasteiger partial charge in [-0.15, -0.1) is 0 Å². The van der Waals surface area contributed by atoms with Crippen LogP contribution in [-0.2, 0) is 4.79 Å². The van der Waals surface area contributed by atoms with E-state index in [1.54, 1.807) is 0 Å². The number of hydrogen-bond donors (Lipinski definition) is 2. The molecule has 0 bridgehead atoms. The molecule has 20 heavy (non-hydrogen) atoms. The zero-order valence-corrected chi connectivity index (χ0v) is 12.6. The monoisotopic (exact) mass is 274 g/mol. The summed E-state index contributed by atoms with van der Waals surface area (Å²) in [4.78, 5) is 12.5. The van der Waals surface area contributed by atoms with E-state index in [0.29, 0.717) is 11.8 Å². The minimum absolute atomic E-state index is 0.0484. The summed E-state index contributed by atoms with van der Waals surface area (Å²) in [5, 5.41) is 6.54. The average Bonchev–Trinajstić information content (AvgIpc) is 2.47. The standard InChI is InChI=1S/C17H26N2O/c1-13(2)16(15-8-4-3-5-9-15)17(20)19-12-14-7-6-10-18-11-14/h3-5,8-9,13-14,16,18H,6-7,10-12H2,1-2H3,(H,19,20). The first-order chi connectivity index (χ1) is 9.68. The summed E-state index contributed by atoms with van der Waals surface area (Å²) >= 11 is 0. The van der Waals surface area contributed by atoms with Crippen LogP contribution in [0, 0.1) is 11.8 Å². The highest BCUT2D eigenvalue weighted by atomic mass is 16.1. The lowest BCUT2D eigenvalue weighted by molar-refractivity contribution is -0.123. The second-order valence-corrected chi connectivity index (χ2v) is 6.09. The second kappa shape index (κ2) is 7.44. The quantitative estimate of drug-likeness (QED) is 0.866. The predicted octanol–water partition coefficient (Wildman–Crippen LogP) is 2.54. The number of nitrogens with one attached hydrogen (secondary N) is 2. The molecule has 1 amide bonds. The summed E-state index contributed by atoms with van der Waals surface area (Å²) in [6.07, 6.45) is 2.43. The lowest BCUT2D eigenvalue weighted by atomic mass is 9.87. The number of rotatable bonds is 5. The molecule has 2 rings (SSSR count). The highest BCUT2D eigenvalue weighted by Gasteiger charge is 2.24. The highest BCUT2D eigenvalue weighted by Crippen LogP contribution is 2.24. The molecule has 0 saturated carbocycles. The van der Waals surface area contributed by atoms with Crippen LogP contribution < -0.4 is 10.6 Å². The number of benzene rings is 1. The van der Waals surface area contributed by atoms with Crippen LogP contribution >= 0.6 is 0 Å². The van der Waals surface area contributed by atoms with Gasteiger partial charge in [0.1, 0.15) is 0 Å². The maximum absolute atomic E-state index is 12.5. The first kappa shape index (κ1) is 15.0. The van der Waals surface area contributed by atoms with Gasteiger partial charge in [-0.2, -0.15) is 0 Å². The van der Waals surface area contributed by atoms with Gasteiger partial charge in [-0.3, -0.25) is 4.79 Å². The van der Waals surface area contributed by atoms with Gasteiger partial charge in [0, 0.05) is 6.54 Å². The van der Waals surface area contributed by atoms with Crippen LogP contribution in [0.5, 0.6) is 0 Å². The first-order valence-corrected chi connectivity index (χ1v) is 7.72. The van der Waals surface area contributed by atoms with Crippen molar-refractivity contribution in [3.8, 4) is 0 Å².